The molecule has 0 saturated heterocycles. The first-order valence-corrected chi connectivity index (χ1v) is 5.01. The Kier molecular flexibility index (Phi) is 1.82. The second-order valence-electron chi connectivity index (χ2n) is 3.36. The third-order valence-corrected chi connectivity index (χ3v) is 2.77. The summed E-state index contributed by atoms with van der Waals surface area (Å²) in [4.78, 5) is 8.46. The number of allylic oxidation sites excluding steroid dienone is 2. The first-order chi connectivity index (χ1) is 7.36. The standard InChI is InChI=1S/C12H7ClN2/c13-11-4-2-1-3-9(11)12-10-7-14-5-8(10)6-15-12/h1-7H. The van der Waals surface area contributed by atoms with Crippen molar-refractivity contribution in [1.82, 2.24) is 0 Å². The highest BCUT2D eigenvalue weighted by molar-refractivity contribution is 6.36. The number of hydrogen-bond acceptors (Lipinski definition) is 2. The van der Waals surface area contributed by atoms with Gasteiger partial charge in [0.05, 0.1) is 5.71 Å². The van der Waals surface area contributed by atoms with E-state index in [-0.39, 0.29) is 0 Å². The highest BCUT2D eigenvalue weighted by Gasteiger charge is 2.21. The molecule has 2 aliphatic rings. The smallest absolute Gasteiger partial charge is 0.0812 e. The monoisotopic (exact) mass is 214 g/mol. The molecule has 2 aliphatic heterocycles. The predicted molar refractivity (Wildman–Crippen MR) is 62.6 cm³/mol. The maximum Gasteiger partial charge on any atom is 0.0812 e. The highest BCUT2D eigenvalue weighted by atomic mass is 35.5. The van der Waals surface area contributed by atoms with Crippen LogP contribution < -0.4 is 0 Å². The van der Waals surface area contributed by atoms with E-state index in [0.29, 0.717) is 0 Å². The minimum Gasteiger partial charge on any atom is -0.263 e. The number of rotatable bonds is 1. The van der Waals surface area contributed by atoms with Crippen LogP contribution in [0.15, 0.2) is 57.8 Å². The van der Waals surface area contributed by atoms with E-state index in [2.05, 4.69) is 9.98 Å². The second kappa shape index (κ2) is 3.17. The zero-order valence-corrected chi connectivity index (χ0v) is 8.57. The Bertz CT molecular complexity index is 550. The molecule has 0 saturated carbocycles. The van der Waals surface area contributed by atoms with Crippen molar-refractivity contribution in [2.45, 2.75) is 0 Å². The van der Waals surface area contributed by atoms with Crippen LogP contribution in [0.3, 0.4) is 0 Å². The van der Waals surface area contributed by atoms with Gasteiger partial charge in [0.15, 0.2) is 0 Å². The van der Waals surface area contributed by atoms with Gasteiger partial charge in [-0.3, -0.25) is 9.98 Å². The molecule has 0 atom stereocenters. The van der Waals surface area contributed by atoms with E-state index in [1.165, 1.54) is 0 Å². The zero-order chi connectivity index (χ0) is 10.3. The Hall–Kier alpha value is -1.67. The molecule has 0 N–H and O–H groups in total. The molecule has 0 fully saturated rings. The molecule has 15 heavy (non-hydrogen) atoms. The van der Waals surface area contributed by atoms with Crippen molar-refractivity contribution in [3.63, 3.8) is 0 Å². The van der Waals surface area contributed by atoms with E-state index in [1.54, 1.807) is 0 Å². The molecule has 3 heteroatoms. The summed E-state index contributed by atoms with van der Waals surface area (Å²) in [6.07, 6.45) is 5.45. The molecular formula is C12H7ClN2. The molecular weight excluding hydrogens is 208 g/mol. The van der Waals surface area contributed by atoms with Crippen molar-refractivity contribution < 1.29 is 0 Å². The summed E-state index contributed by atoms with van der Waals surface area (Å²) < 4.78 is 0. The Morgan fingerprint density at radius 1 is 1.07 bits per heavy atom. The van der Waals surface area contributed by atoms with E-state index >= 15 is 0 Å². The molecule has 0 amide bonds. The molecule has 2 nitrogen and oxygen atoms in total. The number of nitrogens with zero attached hydrogens (tertiary/aromatic N) is 2. The highest BCUT2D eigenvalue weighted by Crippen LogP contribution is 2.28. The van der Waals surface area contributed by atoms with Crippen molar-refractivity contribution in [3.8, 4) is 0 Å². The number of aliphatic imine (C=N–C) groups is 2. The van der Waals surface area contributed by atoms with Gasteiger partial charge in [0.2, 0.25) is 0 Å². The molecule has 1 aromatic carbocycles. The average Bonchev–Trinajstić information content (AvgIpc) is 2.80. The Balaban J connectivity index is 2.09. The van der Waals surface area contributed by atoms with Crippen molar-refractivity contribution in [3.05, 3.63) is 58.4 Å². The number of fused-ring (bicyclic) bond motifs is 1. The van der Waals surface area contributed by atoms with Gasteiger partial charge < -0.3 is 0 Å². The van der Waals surface area contributed by atoms with E-state index in [9.17, 15) is 0 Å². The van der Waals surface area contributed by atoms with Crippen LogP contribution in [-0.2, 0) is 0 Å². The van der Waals surface area contributed by atoms with Crippen LogP contribution >= 0.6 is 11.6 Å². The number of halogens is 1. The summed E-state index contributed by atoms with van der Waals surface area (Å²) in [5.74, 6) is 0. The molecule has 0 aliphatic carbocycles. The van der Waals surface area contributed by atoms with Crippen molar-refractivity contribution in [2.75, 3.05) is 0 Å². The Morgan fingerprint density at radius 3 is 2.80 bits per heavy atom. The van der Waals surface area contributed by atoms with Gasteiger partial charge in [0.1, 0.15) is 0 Å². The van der Waals surface area contributed by atoms with Crippen LogP contribution in [0.25, 0.3) is 0 Å². The lowest BCUT2D eigenvalue weighted by Gasteiger charge is -2.04. The molecule has 0 spiro atoms. The summed E-state index contributed by atoms with van der Waals surface area (Å²) >= 11 is 6.12. The van der Waals surface area contributed by atoms with Crippen LogP contribution in [0, 0.1) is 0 Å². The lowest BCUT2D eigenvalue weighted by atomic mass is 10.0. The zero-order valence-electron chi connectivity index (χ0n) is 7.81. The number of hydrogen-bond donors (Lipinski definition) is 0. The first-order valence-electron chi connectivity index (χ1n) is 4.63. The van der Waals surface area contributed by atoms with Gasteiger partial charge in [-0.1, -0.05) is 29.8 Å². The van der Waals surface area contributed by atoms with Gasteiger partial charge in [-0.2, -0.15) is 0 Å². The maximum absolute atomic E-state index is 6.12. The van der Waals surface area contributed by atoms with E-state index in [4.69, 9.17) is 11.6 Å². The van der Waals surface area contributed by atoms with E-state index in [1.807, 2.05) is 42.9 Å². The second-order valence-corrected chi connectivity index (χ2v) is 3.77. The summed E-state index contributed by atoms with van der Waals surface area (Å²) in [7, 11) is 0. The maximum atomic E-state index is 6.12. The van der Waals surface area contributed by atoms with Gasteiger partial charge >= 0.3 is 0 Å². The number of benzene rings is 1. The van der Waals surface area contributed by atoms with Crippen LogP contribution in [0.1, 0.15) is 5.56 Å². The molecule has 3 rings (SSSR count). The van der Waals surface area contributed by atoms with E-state index in [0.717, 1.165) is 27.4 Å². The van der Waals surface area contributed by atoms with Gasteiger partial charge in [0.25, 0.3) is 0 Å². The third kappa shape index (κ3) is 1.26. The van der Waals surface area contributed by atoms with Crippen LogP contribution in [0.4, 0.5) is 0 Å². The minimum atomic E-state index is 0.721. The summed E-state index contributed by atoms with van der Waals surface area (Å²) in [5.41, 5.74) is 3.99. The topological polar surface area (TPSA) is 24.7 Å². The molecule has 0 aromatic heterocycles. The molecule has 0 unspecified atom stereocenters. The lowest BCUT2D eigenvalue weighted by molar-refractivity contribution is 1.55. The fourth-order valence-corrected chi connectivity index (χ4v) is 1.93. The largest absolute Gasteiger partial charge is 0.263 e. The molecule has 0 bridgehead atoms. The molecule has 1 aromatic rings. The van der Waals surface area contributed by atoms with Crippen molar-refractivity contribution >= 4 is 23.5 Å². The molecule has 2 heterocycles. The minimum absolute atomic E-state index is 0.721. The summed E-state index contributed by atoms with van der Waals surface area (Å²) in [6.45, 7) is 0. The van der Waals surface area contributed by atoms with Gasteiger partial charge in [-0.05, 0) is 6.07 Å². The quantitative estimate of drug-likeness (QED) is 0.687. The van der Waals surface area contributed by atoms with Gasteiger partial charge in [-0.15, -0.1) is 0 Å². The first kappa shape index (κ1) is 8.62. The van der Waals surface area contributed by atoms with Crippen molar-refractivity contribution in [1.29, 1.82) is 0 Å². The van der Waals surface area contributed by atoms with Crippen LogP contribution in [-0.4, -0.2) is 11.9 Å². The van der Waals surface area contributed by atoms with Gasteiger partial charge in [-0.25, -0.2) is 0 Å². The fourth-order valence-electron chi connectivity index (χ4n) is 1.71. The van der Waals surface area contributed by atoms with Crippen molar-refractivity contribution in [2.24, 2.45) is 9.98 Å². The van der Waals surface area contributed by atoms with E-state index < -0.39 is 0 Å². The fraction of sp³-hybridized carbons (Fsp3) is 0. The molecule has 0 radical (unpaired) electrons. The SMILES string of the molecule is Clc1ccccc1C1=NC=C2C=NC=C21. The van der Waals surface area contributed by atoms with Gasteiger partial charge in [0, 0.05) is 40.3 Å². The Morgan fingerprint density at radius 2 is 1.93 bits per heavy atom. The normalized spacial score (nSPS) is 17.3. The lowest BCUT2D eigenvalue weighted by Crippen LogP contribution is -2.02. The Labute approximate surface area is 92.3 Å². The summed E-state index contributed by atoms with van der Waals surface area (Å²) in [6, 6.07) is 7.71. The average molecular weight is 215 g/mol. The van der Waals surface area contributed by atoms with Crippen LogP contribution in [0.2, 0.25) is 5.02 Å². The van der Waals surface area contributed by atoms with Crippen LogP contribution in [0.5, 0.6) is 0 Å². The predicted octanol–water partition coefficient (Wildman–Crippen LogP) is 2.99. The summed E-state index contributed by atoms with van der Waals surface area (Å²) in [5, 5.41) is 0.721. The third-order valence-electron chi connectivity index (χ3n) is 2.45. The molecule has 72 valence electrons.